The molecule has 0 radical (unpaired) electrons. The van der Waals surface area contributed by atoms with E-state index in [0.717, 1.165) is 28.3 Å². The number of fused-ring (bicyclic) bond motifs is 2. The summed E-state index contributed by atoms with van der Waals surface area (Å²) in [5.41, 5.74) is 3.63. The zero-order valence-corrected chi connectivity index (χ0v) is 20.6. The first-order chi connectivity index (χ1) is 17.5. The molecule has 0 unspecified atom stereocenters. The summed E-state index contributed by atoms with van der Waals surface area (Å²) in [5, 5.41) is 3.44. The van der Waals surface area contributed by atoms with E-state index in [-0.39, 0.29) is 12.7 Å². The number of nitrogens with zero attached hydrogens (tertiary/aromatic N) is 6. The second-order valence-corrected chi connectivity index (χ2v) is 8.81. The number of nitrogens with one attached hydrogen (secondary N) is 1. The highest BCUT2D eigenvalue weighted by atomic mass is 16.7. The lowest BCUT2D eigenvalue weighted by Crippen LogP contribution is -2.34. The Hall–Kier alpha value is -4.34. The normalized spacial score (nSPS) is 12.1. The first-order valence-corrected chi connectivity index (χ1v) is 11.8. The number of aromatic nitrogens is 4. The maximum Gasteiger partial charge on any atom is 0.231 e. The van der Waals surface area contributed by atoms with Gasteiger partial charge in [-0.3, -0.25) is 4.79 Å². The van der Waals surface area contributed by atoms with Gasteiger partial charge >= 0.3 is 0 Å². The minimum absolute atomic E-state index is 0.0202. The number of benzene rings is 2. The van der Waals surface area contributed by atoms with Crippen molar-refractivity contribution in [2.75, 3.05) is 44.2 Å². The first-order valence-electron chi connectivity index (χ1n) is 11.8. The Bertz CT molecular complexity index is 1370. The van der Waals surface area contributed by atoms with Gasteiger partial charge in [-0.1, -0.05) is 36.4 Å². The van der Waals surface area contributed by atoms with Gasteiger partial charge in [-0.15, -0.1) is 0 Å². The van der Waals surface area contributed by atoms with Gasteiger partial charge in [0.05, 0.1) is 12.9 Å². The van der Waals surface area contributed by atoms with Crippen molar-refractivity contribution in [1.29, 1.82) is 0 Å². The van der Waals surface area contributed by atoms with Crippen LogP contribution in [0.3, 0.4) is 0 Å². The van der Waals surface area contributed by atoms with Crippen LogP contribution in [-0.2, 0) is 17.9 Å². The van der Waals surface area contributed by atoms with Crippen molar-refractivity contribution in [3.63, 3.8) is 0 Å². The van der Waals surface area contributed by atoms with Crippen LogP contribution in [0.15, 0.2) is 54.9 Å². The minimum Gasteiger partial charge on any atom is -0.454 e. The molecular weight excluding hydrogens is 458 g/mol. The van der Waals surface area contributed by atoms with Gasteiger partial charge in [0.15, 0.2) is 28.5 Å². The van der Waals surface area contributed by atoms with E-state index in [9.17, 15) is 4.79 Å². The predicted octanol–water partition coefficient (Wildman–Crippen LogP) is 3.13. The van der Waals surface area contributed by atoms with Crippen LogP contribution in [0.2, 0.25) is 0 Å². The highest BCUT2D eigenvalue weighted by molar-refractivity contribution is 5.84. The Morgan fingerprint density at radius 3 is 2.64 bits per heavy atom. The Morgan fingerprint density at radius 2 is 1.83 bits per heavy atom. The molecule has 5 rings (SSSR count). The number of ether oxygens (including phenoxy) is 2. The van der Waals surface area contributed by atoms with E-state index in [1.165, 1.54) is 0 Å². The predicted molar refractivity (Wildman–Crippen MR) is 137 cm³/mol. The molecule has 1 amide bonds. The quantitative estimate of drug-likeness (QED) is 0.385. The molecule has 3 heterocycles. The number of anilines is 2. The van der Waals surface area contributed by atoms with Crippen LogP contribution in [0.1, 0.15) is 18.1 Å². The van der Waals surface area contributed by atoms with E-state index < -0.39 is 0 Å². The lowest BCUT2D eigenvalue weighted by atomic mass is 10.2. The summed E-state index contributed by atoms with van der Waals surface area (Å²) >= 11 is 0. The molecule has 0 atom stereocenters. The largest absolute Gasteiger partial charge is 0.454 e. The maximum absolute atomic E-state index is 11.6. The van der Waals surface area contributed by atoms with E-state index >= 15 is 0 Å². The second-order valence-electron chi connectivity index (χ2n) is 8.81. The molecule has 1 aliphatic rings. The lowest BCUT2D eigenvalue weighted by molar-refractivity contribution is -0.127. The summed E-state index contributed by atoms with van der Waals surface area (Å²) in [6.07, 6.45) is 1.80. The highest BCUT2D eigenvalue weighted by Gasteiger charge is 2.18. The summed E-state index contributed by atoms with van der Waals surface area (Å²) in [7, 11) is 3.71. The number of hydrogen-bond donors (Lipinski definition) is 1. The number of rotatable bonds is 9. The molecule has 0 spiro atoms. The van der Waals surface area contributed by atoms with Crippen molar-refractivity contribution in [1.82, 2.24) is 24.4 Å². The second kappa shape index (κ2) is 10.1. The molecule has 10 nitrogen and oxygen atoms in total. The highest BCUT2D eigenvalue weighted by Crippen LogP contribution is 2.33. The number of carbonyl (C=O) groups excluding carboxylic acids is 1. The van der Waals surface area contributed by atoms with E-state index in [1.54, 1.807) is 25.2 Å². The fraction of sp³-hybridized carbons (Fsp3) is 0.308. The monoisotopic (exact) mass is 487 g/mol. The summed E-state index contributed by atoms with van der Waals surface area (Å²) < 4.78 is 12.9. The molecule has 0 aliphatic carbocycles. The molecule has 0 saturated heterocycles. The van der Waals surface area contributed by atoms with E-state index in [2.05, 4.69) is 22.4 Å². The summed E-state index contributed by atoms with van der Waals surface area (Å²) in [4.78, 5) is 29.6. The van der Waals surface area contributed by atoms with Gasteiger partial charge < -0.3 is 29.2 Å². The number of amides is 1. The fourth-order valence-corrected chi connectivity index (χ4v) is 3.92. The summed E-state index contributed by atoms with van der Waals surface area (Å²) in [5.74, 6) is 2.71. The molecular formula is C26H29N7O3. The van der Waals surface area contributed by atoms with Crippen LogP contribution in [0.5, 0.6) is 11.5 Å². The molecule has 1 N–H and O–H groups in total. The third kappa shape index (κ3) is 5.02. The third-order valence-electron chi connectivity index (χ3n) is 6.19. The van der Waals surface area contributed by atoms with Crippen LogP contribution in [0.25, 0.3) is 11.2 Å². The van der Waals surface area contributed by atoms with Crippen molar-refractivity contribution >= 4 is 28.8 Å². The molecule has 186 valence electrons. The molecule has 2 aromatic heterocycles. The molecule has 0 saturated carbocycles. The van der Waals surface area contributed by atoms with Crippen LogP contribution < -0.4 is 19.7 Å². The van der Waals surface area contributed by atoms with Gasteiger partial charge in [0, 0.05) is 40.7 Å². The topological polar surface area (TPSA) is 97.6 Å². The van der Waals surface area contributed by atoms with Crippen LogP contribution >= 0.6 is 0 Å². The Labute approximate surface area is 209 Å². The maximum atomic E-state index is 11.6. The third-order valence-corrected chi connectivity index (χ3v) is 6.19. The number of hydrogen-bond acceptors (Lipinski definition) is 8. The SMILES string of the molecule is CC(=O)N(C)CCN(C)c1nc(NCc2ccc3c(c2)OCO3)c2ncn(Cc3ccccc3)c2n1. The van der Waals surface area contributed by atoms with Crippen molar-refractivity contribution in [3.05, 3.63) is 66.0 Å². The van der Waals surface area contributed by atoms with Crippen molar-refractivity contribution in [2.45, 2.75) is 20.0 Å². The Kier molecular flexibility index (Phi) is 6.57. The van der Waals surface area contributed by atoms with Crippen molar-refractivity contribution < 1.29 is 14.3 Å². The standard InChI is InChI=1S/C26H29N7O3/c1-18(34)31(2)11-12-32(3)26-29-24(27-14-20-9-10-21-22(13-20)36-17-35-21)23-25(30-26)33(16-28-23)15-19-7-5-4-6-8-19/h4-10,13,16H,11-12,14-15,17H2,1-3H3,(H,27,29,30). The Morgan fingerprint density at radius 1 is 1.03 bits per heavy atom. The molecule has 0 fully saturated rings. The number of imidazole rings is 1. The van der Waals surface area contributed by atoms with Crippen molar-refractivity contribution in [2.24, 2.45) is 0 Å². The molecule has 2 aromatic carbocycles. The minimum atomic E-state index is 0.0202. The molecule has 36 heavy (non-hydrogen) atoms. The smallest absolute Gasteiger partial charge is 0.231 e. The van der Waals surface area contributed by atoms with E-state index in [4.69, 9.17) is 19.4 Å². The van der Waals surface area contributed by atoms with Crippen LogP contribution in [-0.4, -0.2) is 64.3 Å². The van der Waals surface area contributed by atoms with Gasteiger partial charge in [-0.2, -0.15) is 9.97 Å². The van der Waals surface area contributed by atoms with Gasteiger partial charge in [0.25, 0.3) is 0 Å². The van der Waals surface area contributed by atoms with Gasteiger partial charge in [-0.05, 0) is 23.3 Å². The average molecular weight is 488 g/mol. The molecule has 10 heteroatoms. The van der Waals surface area contributed by atoms with Crippen LogP contribution in [0, 0.1) is 0 Å². The first kappa shape index (κ1) is 23.4. The van der Waals surface area contributed by atoms with Gasteiger partial charge in [-0.25, -0.2) is 4.98 Å². The van der Waals surface area contributed by atoms with E-state index in [1.807, 2.05) is 52.9 Å². The lowest BCUT2D eigenvalue weighted by Gasteiger charge is -2.22. The zero-order valence-electron chi connectivity index (χ0n) is 20.6. The summed E-state index contributed by atoms with van der Waals surface area (Å²) in [6, 6.07) is 16.1. The zero-order chi connectivity index (χ0) is 25.1. The van der Waals surface area contributed by atoms with Crippen molar-refractivity contribution in [3.8, 4) is 11.5 Å². The number of likely N-dealkylation sites (N-methyl/N-ethyl adjacent to an activating group) is 2. The fourth-order valence-electron chi connectivity index (χ4n) is 3.92. The molecule has 4 aromatic rings. The van der Waals surface area contributed by atoms with E-state index in [0.29, 0.717) is 43.5 Å². The molecule has 0 bridgehead atoms. The average Bonchev–Trinajstić information content (AvgIpc) is 3.53. The van der Waals surface area contributed by atoms with Gasteiger partial charge in [0.2, 0.25) is 18.6 Å². The van der Waals surface area contributed by atoms with Gasteiger partial charge in [0.1, 0.15) is 0 Å². The van der Waals surface area contributed by atoms with Crippen LogP contribution in [0.4, 0.5) is 11.8 Å². The Balaban J connectivity index is 1.44. The molecule has 1 aliphatic heterocycles. The number of carbonyl (C=O) groups is 1. The summed E-state index contributed by atoms with van der Waals surface area (Å²) in [6.45, 7) is 4.14.